The zero-order chi connectivity index (χ0) is 11.4. The van der Waals surface area contributed by atoms with Gasteiger partial charge in [-0.1, -0.05) is 58.5 Å². The van der Waals surface area contributed by atoms with Crippen LogP contribution in [0, 0.1) is 0 Å². The molecule has 0 N–H and O–H groups in total. The standard InChI is InChI=1S/C9H9N.2C2H6/c1-3-8-6-4-5-7-9(8)10-2;2*1-2/h3-7H,1-2H2;2*1-2H3. The van der Waals surface area contributed by atoms with Crippen LogP contribution in [0.1, 0.15) is 33.3 Å². The molecule has 0 radical (unpaired) electrons. The van der Waals surface area contributed by atoms with Gasteiger partial charge in [0, 0.05) is 0 Å². The van der Waals surface area contributed by atoms with E-state index in [4.69, 9.17) is 0 Å². The predicted octanol–water partition coefficient (Wildman–Crippen LogP) is 4.71. The first-order chi connectivity index (χ1) is 6.88. The maximum Gasteiger partial charge on any atom is 0.0694 e. The number of hydrogen-bond acceptors (Lipinski definition) is 1. The topological polar surface area (TPSA) is 12.4 Å². The number of hydrogen-bond donors (Lipinski definition) is 0. The van der Waals surface area contributed by atoms with E-state index in [9.17, 15) is 0 Å². The van der Waals surface area contributed by atoms with Gasteiger partial charge in [-0.15, -0.1) is 0 Å². The number of nitrogens with zero attached hydrogens (tertiary/aromatic N) is 1. The van der Waals surface area contributed by atoms with Crippen molar-refractivity contribution < 1.29 is 0 Å². The van der Waals surface area contributed by atoms with Gasteiger partial charge in [0.25, 0.3) is 0 Å². The SMILES string of the molecule is C=Cc1ccccc1N=C.CC.CC. The highest BCUT2D eigenvalue weighted by Crippen LogP contribution is 2.17. The van der Waals surface area contributed by atoms with E-state index in [-0.39, 0.29) is 0 Å². The minimum atomic E-state index is 0.887. The lowest BCUT2D eigenvalue weighted by Gasteiger charge is -1.95. The maximum absolute atomic E-state index is 3.82. The lowest BCUT2D eigenvalue weighted by Crippen LogP contribution is -1.70. The summed E-state index contributed by atoms with van der Waals surface area (Å²) < 4.78 is 0. The van der Waals surface area contributed by atoms with Crippen LogP contribution in [-0.4, -0.2) is 6.72 Å². The highest BCUT2D eigenvalue weighted by molar-refractivity contribution is 5.64. The Morgan fingerprint density at radius 1 is 1.07 bits per heavy atom. The molecule has 0 aliphatic heterocycles. The summed E-state index contributed by atoms with van der Waals surface area (Å²) in [5.41, 5.74) is 1.91. The second-order valence-electron chi connectivity index (χ2n) is 1.92. The zero-order valence-corrected chi connectivity index (χ0v) is 9.75. The van der Waals surface area contributed by atoms with Gasteiger partial charge in [-0.05, 0) is 18.3 Å². The Labute approximate surface area is 88.2 Å². The fourth-order valence-corrected chi connectivity index (χ4v) is 0.804. The van der Waals surface area contributed by atoms with E-state index < -0.39 is 0 Å². The molecule has 0 atom stereocenters. The van der Waals surface area contributed by atoms with Gasteiger partial charge >= 0.3 is 0 Å². The van der Waals surface area contributed by atoms with Crippen LogP contribution in [0.4, 0.5) is 5.69 Å². The summed E-state index contributed by atoms with van der Waals surface area (Å²) in [5, 5.41) is 0. The van der Waals surface area contributed by atoms with Crippen LogP contribution in [0.5, 0.6) is 0 Å². The first kappa shape index (κ1) is 15.1. The molecule has 0 saturated carbocycles. The highest BCUT2D eigenvalue weighted by Gasteiger charge is 1.90. The monoisotopic (exact) mass is 191 g/mol. The molecule has 1 aromatic carbocycles. The molecule has 0 heterocycles. The van der Waals surface area contributed by atoms with E-state index in [1.807, 2.05) is 52.0 Å². The quantitative estimate of drug-likeness (QED) is 0.600. The molecular formula is C13H21N. The van der Waals surface area contributed by atoms with Gasteiger partial charge in [0.15, 0.2) is 0 Å². The normalized spacial score (nSPS) is 7.14. The number of benzene rings is 1. The van der Waals surface area contributed by atoms with Crippen molar-refractivity contribution in [2.75, 3.05) is 0 Å². The van der Waals surface area contributed by atoms with Crippen LogP contribution in [0.3, 0.4) is 0 Å². The van der Waals surface area contributed by atoms with Crippen LogP contribution < -0.4 is 0 Å². The fraction of sp³-hybridized carbons (Fsp3) is 0.308. The Kier molecular flexibility index (Phi) is 12.6. The third-order valence-corrected chi connectivity index (χ3v) is 1.33. The van der Waals surface area contributed by atoms with Gasteiger partial charge in [0.1, 0.15) is 0 Å². The number of para-hydroxylation sites is 1. The molecule has 0 bridgehead atoms. The minimum absolute atomic E-state index is 0.887. The van der Waals surface area contributed by atoms with Crippen LogP contribution in [-0.2, 0) is 0 Å². The van der Waals surface area contributed by atoms with Crippen LogP contribution in [0.15, 0.2) is 35.8 Å². The van der Waals surface area contributed by atoms with Crippen molar-refractivity contribution >= 4 is 18.5 Å². The van der Waals surface area contributed by atoms with Crippen LogP contribution >= 0.6 is 0 Å². The second kappa shape index (κ2) is 11.6. The Bertz CT molecular complexity index is 224. The number of rotatable bonds is 2. The molecule has 0 spiro atoms. The molecule has 0 aliphatic carbocycles. The Balaban J connectivity index is 0. The molecular weight excluding hydrogens is 170 g/mol. The van der Waals surface area contributed by atoms with Crippen LogP contribution in [0.2, 0.25) is 0 Å². The van der Waals surface area contributed by atoms with Gasteiger partial charge in [0.05, 0.1) is 5.69 Å². The smallest absolute Gasteiger partial charge is 0.0694 e. The summed E-state index contributed by atoms with van der Waals surface area (Å²) in [4.78, 5) is 3.82. The fourth-order valence-electron chi connectivity index (χ4n) is 0.804. The summed E-state index contributed by atoms with van der Waals surface area (Å²) in [5.74, 6) is 0. The molecule has 1 rings (SSSR count). The van der Waals surface area contributed by atoms with Gasteiger partial charge in [0.2, 0.25) is 0 Å². The van der Waals surface area contributed by atoms with Crippen molar-refractivity contribution in [2.24, 2.45) is 4.99 Å². The Hall–Kier alpha value is -1.37. The van der Waals surface area contributed by atoms with Crippen LogP contribution in [0.25, 0.3) is 6.08 Å². The van der Waals surface area contributed by atoms with E-state index in [1.54, 1.807) is 6.08 Å². The van der Waals surface area contributed by atoms with Crippen molar-refractivity contribution in [2.45, 2.75) is 27.7 Å². The van der Waals surface area contributed by atoms with Gasteiger partial charge in [-0.3, -0.25) is 4.99 Å². The van der Waals surface area contributed by atoms with E-state index in [0.717, 1.165) is 11.3 Å². The molecule has 1 nitrogen and oxygen atoms in total. The summed E-state index contributed by atoms with van der Waals surface area (Å²) in [6.45, 7) is 15.1. The third kappa shape index (κ3) is 5.31. The minimum Gasteiger partial charge on any atom is -0.264 e. The lowest BCUT2D eigenvalue weighted by atomic mass is 10.2. The molecule has 1 heteroatoms. The summed E-state index contributed by atoms with van der Waals surface area (Å²) in [6.07, 6.45) is 1.77. The van der Waals surface area contributed by atoms with Crippen molar-refractivity contribution in [3.8, 4) is 0 Å². The molecule has 0 saturated heterocycles. The highest BCUT2D eigenvalue weighted by atomic mass is 14.7. The van der Waals surface area contributed by atoms with Crippen molar-refractivity contribution in [3.05, 3.63) is 36.4 Å². The summed E-state index contributed by atoms with van der Waals surface area (Å²) in [7, 11) is 0. The average Bonchev–Trinajstić information content (AvgIpc) is 2.34. The van der Waals surface area contributed by atoms with E-state index in [1.165, 1.54) is 0 Å². The molecule has 78 valence electrons. The molecule has 0 aliphatic rings. The van der Waals surface area contributed by atoms with Crippen molar-refractivity contribution in [3.63, 3.8) is 0 Å². The summed E-state index contributed by atoms with van der Waals surface area (Å²) >= 11 is 0. The average molecular weight is 191 g/mol. The third-order valence-electron chi connectivity index (χ3n) is 1.33. The van der Waals surface area contributed by atoms with Gasteiger partial charge in [-0.25, -0.2) is 0 Å². The van der Waals surface area contributed by atoms with E-state index in [2.05, 4.69) is 18.3 Å². The molecule has 0 aromatic heterocycles. The van der Waals surface area contributed by atoms with Gasteiger partial charge in [-0.2, -0.15) is 0 Å². The molecule has 1 aromatic rings. The molecule has 0 fully saturated rings. The largest absolute Gasteiger partial charge is 0.264 e. The van der Waals surface area contributed by atoms with E-state index in [0.29, 0.717) is 0 Å². The zero-order valence-electron chi connectivity index (χ0n) is 9.75. The molecule has 14 heavy (non-hydrogen) atoms. The van der Waals surface area contributed by atoms with Crippen molar-refractivity contribution in [1.29, 1.82) is 0 Å². The summed E-state index contributed by atoms with van der Waals surface area (Å²) in [6, 6.07) is 7.74. The first-order valence-electron chi connectivity index (χ1n) is 5.06. The number of aliphatic imine (C=N–C) groups is 1. The lowest BCUT2D eigenvalue weighted by molar-refractivity contribution is 1.50. The maximum atomic E-state index is 3.82. The van der Waals surface area contributed by atoms with Gasteiger partial charge < -0.3 is 0 Å². The first-order valence-corrected chi connectivity index (χ1v) is 5.06. The predicted molar refractivity (Wildman–Crippen MR) is 68.4 cm³/mol. The molecule has 0 amide bonds. The molecule has 0 unspecified atom stereocenters. The second-order valence-corrected chi connectivity index (χ2v) is 1.92. The Morgan fingerprint density at radius 3 is 1.93 bits per heavy atom. The van der Waals surface area contributed by atoms with Crippen molar-refractivity contribution in [1.82, 2.24) is 0 Å². The Morgan fingerprint density at radius 2 is 1.57 bits per heavy atom. The van der Waals surface area contributed by atoms with E-state index >= 15 is 0 Å².